The average molecular weight is 372 g/mol. The van der Waals surface area contributed by atoms with E-state index in [1.165, 1.54) is 10.5 Å². The molecular weight excluding hydrogens is 356 g/mol. The second kappa shape index (κ2) is 6.92. The minimum atomic E-state index is 0.312. The fourth-order valence-corrected chi connectivity index (χ4v) is 3.50. The van der Waals surface area contributed by atoms with Crippen LogP contribution < -0.4 is 0 Å². The van der Waals surface area contributed by atoms with Crippen LogP contribution >= 0.6 is 39.3 Å². The van der Waals surface area contributed by atoms with Gasteiger partial charge in [0.15, 0.2) is 0 Å². The lowest BCUT2D eigenvalue weighted by Crippen LogP contribution is -2.02. The summed E-state index contributed by atoms with van der Waals surface area (Å²) in [6.45, 7) is 6.31. The third-order valence-corrected chi connectivity index (χ3v) is 5.34. The zero-order valence-corrected chi connectivity index (χ0v) is 14.8. The van der Waals surface area contributed by atoms with E-state index in [0.717, 1.165) is 21.7 Å². The number of aromatic nitrogens is 2. The van der Waals surface area contributed by atoms with Crippen molar-refractivity contribution in [3.63, 3.8) is 0 Å². The summed E-state index contributed by atoms with van der Waals surface area (Å²) >= 11 is 11.4. The minimum Gasteiger partial charge on any atom is -0.235 e. The van der Waals surface area contributed by atoms with E-state index in [4.69, 9.17) is 11.6 Å². The van der Waals surface area contributed by atoms with Gasteiger partial charge >= 0.3 is 0 Å². The average Bonchev–Trinajstić information content (AvgIpc) is 2.41. The molecule has 0 bridgehead atoms. The van der Waals surface area contributed by atoms with E-state index in [1.54, 1.807) is 11.8 Å². The molecule has 0 atom stereocenters. The van der Waals surface area contributed by atoms with Gasteiger partial charge in [-0.15, -0.1) is 11.8 Å². The SMILES string of the molecule is Cc1ccccc1SCc1nc(Cl)c(Br)c(C(C)C)n1. The van der Waals surface area contributed by atoms with Crippen LogP contribution in [0.1, 0.15) is 36.8 Å². The number of hydrogen-bond donors (Lipinski definition) is 0. The number of hydrogen-bond acceptors (Lipinski definition) is 3. The van der Waals surface area contributed by atoms with Crippen molar-refractivity contribution in [2.45, 2.75) is 37.3 Å². The molecule has 0 aliphatic heterocycles. The van der Waals surface area contributed by atoms with Crippen LogP contribution in [0.25, 0.3) is 0 Å². The minimum absolute atomic E-state index is 0.312. The van der Waals surface area contributed by atoms with Crippen molar-refractivity contribution in [3.8, 4) is 0 Å². The Bertz CT molecular complexity index is 617. The van der Waals surface area contributed by atoms with Gasteiger partial charge in [0.2, 0.25) is 0 Å². The van der Waals surface area contributed by atoms with Crippen molar-refractivity contribution in [1.29, 1.82) is 0 Å². The molecule has 1 aromatic carbocycles. The second-order valence-electron chi connectivity index (χ2n) is 4.84. The Kier molecular flexibility index (Phi) is 5.47. The Morgan fingerprint density at radius 1 is 1.25 bits per heavy atom. The molecule has 2 aromatic rings. The first kappa shape index (κ1) is 15.8. The predicted molar refractivity (Wildman–Crippen MR) is 89.6 cm³/mol. The van der Waals surface area contributed by atoms with Gasteiger partial charge in [-0.25, -0.2) is 9.97 Å². The first-order valence-electron chi connectivity index (χ1n) is 6.39. The van der Waals surface area contributed by atoms with E-state index in [9.17, 15) is 0 Å². The monoisotopic (exact) mass is 370 g/mol. The molecule has 20 heavy (non-hydrogen) atoms. The molecule has 0 spiro atoms. The Labute approximate surface area is 137 Å². The van der Waals surface area contributed by atoms with Gasteiger partial charge < -0.3 is 0 Å². The highest BCUT2D eigenvalue weighted by molar-refractivity contribution is 9.10. The molecule has 0 aliphatic rings. The molecule has 1 heterocycles. The van der Waals surface area contributed by atoms with Gasteiger partial charge in [0, 0.05) is 4.90 Å². The molecule has 2 rings (SSSR count). The third-order valence-electron chi connectivity index (χ3n) is 2.88. The van der Waals surface area contributed by atoms with Gasteiger partial charge in [0.05, 0.1) is 15.9 Å². The van der Waals surface area contributed by atoms with Crippen molar-refractivity contribution in [3.05, 3.63) is 51.0 Å². The van der Waals surface area contributed by atoms with E-state index < -0.39 is 0 Å². The summed E-state index contributed by atoms with van der Waals surface area (Å²) < 4.78 is 0.804. The summed E-state index contributed by atoms with van der Waals surface area (Å²) in [5.41, 5.74) is 2.23. The van der Waals surface area contributed by atoms with Gasteiger partial charge in [0.25, 0.3) is 0 Å². The van der Waals surface area contributed by atoms with Crippen LogP contribution in [-0.2, 0) is 5.75 Å². The summed E-state index contributed by atoms with van der Waals surface area (Å²) in [6.07, 6.45) is 0. The molecule has 106 valence electrons. The topological polar surface area (TPSA) is 25.8 Å². The molecule has 0 saturated carbocycles. The van der Waals surface area contributed by atoms with Gasteiger partial charge in [-0.3, -0.25) is 0 Å². The zero-order valence-electron chi connectivity index (χ0n) is 11.7. The summed E-state index contributed by atoms with van der Waals surface area (Å²) in [5, 5.41) is 0.490. The molecular formula is C15H16BrClN2S. The van der Waals surface area contributed by atoms with Crippen LogP contribution in [0.4, 0.5) is 0 Å². The van der Waals surface area contributed by atoms with E-state index >= 15 is 0 Å². The zero-order chi connectivity index (χ0) is 14.7. The van der Waals surface area contributed by atoms with Gasteiger partial charge in [-0.05, 0) is 40.4 Å². The first-order valence-corrected chi connectivity index (χ1v) is 8.55. The largest absolute Gasteiger partial charge is 0.235 e. The standard InChI is InChI=1S/C15H16BrClN2S/c1-9(2)14-13(16)15(17)19-12(18-14)8-20-11-7-5-4-6-10(11)3/h4-7,9H,8H2,1-3H3. The molecule has 5 heteroatoms. The lowest BCUT2D eigenvalue weighted by Gasteiger charge is -2.11. The van der Waals surface area contributed by atoms with Crippen molar-refractivity contribution >= 4 is 39.3 Å². The maximum absolute atomic E-state index is 6.17. The van der Waals surface area contributed by atoms with Crippen molar-refractivity contribution in [2.24, 2.45) is 0 Å². The van der Waals surface area contributed by atoms with Gasteiger partial charge in [-0.1, -0.05) is 43.6 Å². The molecule has 0 aliphatic carbocycles. The quantitative estimate of drug-likeness (QED) is 0.515. The molecule has 0 N–H and O–H groups in total. The van der Waals surface area contributed by atoms with Crippen molar-refractivity contribution < 1.29 is 0 Å². The lowest BCUT2D eigenvalue weighted by atomic mass is 10.1. The van der Waals surface area contributed by atoms with E-state index in [2.05, 4.69) is 58.8 Å². The maximum Gasteiger partial charge on any atom is 0.147 e. The van der Waals surface area contributed by atoms with Crippen LogP contribution in [0.2, 0.25) is 5.15 Å². The summed E-state index contributed by atoms with van der Waals surface area (Å²) in [6, 6.07) is 8.31. The molecule has 0 unspecified atom stereocenters. The first-order chi connectivity index (χ1) is 9.49. The van der Waals surface area contributed by atoms with Crippen molar-refractivity contribution in [2.75, 3.05) is 0 Å². The number of benzene rings is 1. The lowest BCUT2D eigenvalue weighted by molar-refractivity contribution is 0.791. The molecule has 2 nitrogen and oxygen atoms in total. The summed E-state index contributed by atoms with van der Waals surface area (Å²) in [4.78, 5) is 10.2. The fraction of sp³-hybridized carbons (Fsp3) is 0.333. The summed E-state index contributed by atoms with van der Waals surface area (Å²) in [5.74, 6) is 1.81. The number of aryl methyl sites for hydroxylation is 1. The van der Waals surface area contributed by atoms with E-state index in [1.807, 2.05) is 12.1 Å². The Balaban J connectivity index is 2.20. The van der Waals surface area contributed by atoms with E-state index in [0.29, 0.717) is 11.1 Å². The van der Waals surface area contributed by atoms with Crippen molar-refractivity contribution in [1.82, 2.24) is 9.97 Å². The molecule has 0 radical (unpaired) electrons. The van der Waals surface area contributed by atoms with Crippen LogP contribution in [0.5, 0.6) is 0 Å². The normalized spacial score (nSPS) is 11.1. The number of nitrogens with zero attached hydrogens (tertiary/aromatic N) is 2. The fourth-order valence-electron chi connectivity index (χ4n) is 1.79. The number of thioether (sulfide) groups is 1. The molecule has 0 amide bonds. The maximum atomic E-state index is 6.17. The van der Waals surface area contributed by atoms with Crippen LogP contribution in [0.3, 0.4) is 0 Å². The van der Waals surface area contributed by atoms with E-state index in [-0.39, 0.29) is 0 Å². The highest BCUT2D eigenvalue weighted by Gasteiger charge is 2.14. The molecule has 1 aromatic heterocycles. The third kappa shape index (κ3) is 3.74. The molecule has 0 saturated heterocycles. The second-order valence-corrected chi connectivity index (χ2v) is 7.01. The van der Waals surface area contributed by atoms with Gasteiger partial charge in [0.1, 0.15) is 11.0 Å². The Hall–Kier alpha value is -0.580. The Morgan fingerprint density at radius 3 is 2.60 bits per heavy atom. The van der Waals surface area contributed by atoms with Crippen LogP contribution in [0, 0.1) is 6.92 Å². The van der Waals surface area contributed by atoms with Crippen LogP contribution in [-0.4, -0.2) is 9.97 Å². The highest BCUT2D eigenvalue weighted by Crippen LogP contribution is 2.30. The van der Waals surface area contributed by atoms with Crippen LogP contribution in [0.15, 0.2) is 33.6 Å². The highest BCUT2D eigenvalue weighted by atomic mass is 79.9. The predicted octanol–water partition coefficient (Wildman–Crippen LogP) is 5.62. The number of halogens is 2. The smallest absolute Gasteiger partial charge is 0.147 e. The molecule has 0 fully saturated rings. The van der Waals surface area contributed by atoms with Gasteiger partial charge in [-0.2, -0.15) is 0 Å². The Morgan fingerprint density at radius 2 is 1.95 bits per heavy atom. The summed E-state index contributed by atoms with van der Waals surface area (Å²) in [7, 11) is 0. The number of rotatable bonds is 4.